The SMILES string of the molecule is Oc1ccc(Cl)cc1-c1cccc(F)c1. The molecule has 0 aliphatic heterocycles. The smallest absolute Gasteiger partial charge is 0.123 e. The standard InChI is InChI=1S/C12H8ClFO/c13-9-4-5-12(15)11(7-9)8-2-1-3-10(14)6-8/h1-7,15H. The Balaban J connectivity index is 2.58. The molecule has 0 aromatic heterocycles. The van der Waals surface area contributed by atoms with Crippen molar-refractivity contribution in [2.75, 3.05) is 0 Å². The lowest BCUT2D eigenvalue weighted by Gasteiger charge is -2.05. The molecule has 2 rings (SSSR count). The summed E-state index contributed by atoms with van der Waals surface area (Å²) < 4.78 is 13.0. The maximum Gasteiger partial charge on any atom is 0.123 e. The molecule has 2 aromatic carbocycles. The maximum atomic E-state index is 13.0. The van der Waals surface area contributed by atoms with Crippen LogP contribution in [0.25, 0.3) is 11.1 Å². The first-order valence-corrected chi connectivity index (χ1v) is 4.79. The van der Waals surface area contributed by atoms with Gasteiger partial charge in [0.15, 0.2) is 0 Å². The first-order chi connectivity index (χ1) is 7.16. The van der Waals surface area contributed by atoms with Crippen molar-refractivity contribution < 1.29 is 9.50 Å². The van der Waals surface area contributed by atoms with Gasteiger partial charge in [0.2, 0.25) is 0 Å². The number of rotatable bonds is 1. The molecule has 0 radical (unpaired) electrons. The summed E-state index contributed by atoms with van der Waals surface area (Å²) >= 11 is 5.80. The molecule has 0 spiro atoms. The zero-order valence-corrected chi connectivity index (χ0v) is 8.50. The minimum absolute atomic E-state index is 0.0880. The van der Waals surface area contributed by atoms with Gasteiger partial charge in [0.05, 0.1) is 0 Å². The monoisotopic (exact) mass is 222 g/mol. The molecule has 15 heavy (non-hydrogen) atoms. The molecule has 1 nitrogen and oxygen atoms in total. The number of aromatic hydroxyl groups is 1. The molecule has 0 amide bonds. The number of hydrogen-bond donors (Lipinski definition) is 1. The summed E-state index contributed by atoms with van der Waals surface area (Å²) in [6, 6.07) is 10.7. The van der Waals surface area contributed by atoms with Crippen molar-refractivity contribution in [3.05, 3.63) is 53.3 Å². The zero-order chi connectivity index (χ0) is 10.8. The van der Waals surface area contributed by atoms with Gasteiger partial charge in [-0.1, -0.05) is 23.7 Å². The van der Waals surface area contributed by atoms with Crippen LogP contribution >= 0.6 is 11.6 Å². The second-order valence-corrected chi connectivity index (χ2v) is 3.61. The molecule has 1 N–H and O–H groups in total. The van der Waals surface area contributed by atoms with E-state index >= 15 is 0 Å². The van der Waals surface area contributed by atoms with E-state index in [2.05, 4.69) is 0 Å². The van der Waals surface area contributed by atoms with E-state index in [0.29, 0.717) is 16.1 Å². The van der Waals surface area contributed by atoms with Crippen LogP contribution in [-0.4, -0.2) is 5.11 Å². The maximum absolute atomic E-state index is 13.0. The first kappa shape index (κ1) is 9.99. The van der Waals surface area contributed by atoms with Crippen LogP contribution in [0.5, 0.6) is 5.75 Å². The predicted octanol–water partition coefficient (Wildman–Crippen LogP) is 3.85. The molecular formula is C12H8ClFO. The van der Waals surface area contributed by atoms with E-state index in [1.807, 2.05) is 0 Å². The van der Waals surface area contributed by atoms with Crippen LogP contribution in [0.1, 0.15) is 0 Å². The van der Waals surface area contributed by atoms with Gasteiger partial charge in [-0.15, -0.1) is 0 Å². The fraction of sp³-hybridized carbons (Fsp3) is 0. The normalized spacial score (nSPS) is 10.3. The Morgan fingerprint density at radius 2 is 1.87 bits per heavy atom. The molecule has 0 aliphatic carbocycles. The molecular weight excluding hydrogens is 215 g/mol. The van der Waals surface area contributed by atoms with Crippen molar-refractivity contribution in [2.24, 2.45) is 0 Å². The van der Waals surface area contributed by atoms with Gasteiger partial charge in [-0.3, -0.25) is 0 Å². The molecule has 0 saturated heterocycles. The Hall–Kier alpha value is -1.54. The van der Waals surface area contributed by atoms with Crippen LogP contribution in [0.4, 0.5) is 4.39 Å². The molecule has 0 unspecified atom stereocenters. The number of hydrogen-bond acceptors (Lipinski definition) is 1. The molecule has 76 valence electrons. The summed E-state index contributed by atoms with van der Waals surface area (Å²) in [6.45, 7) is 0. The van der Waals surface area contributed by atoms with E-state index in [1.54, 1.807) is 24.3 Å². The lowest BCUT2D eigenvalue weighted by atomic mass is 10.0. The zero-order valence-electron chi connectivity index (χ0n) is 7.74. The Labute approximate surface area is 91.8 Å². The number of phenolic OH excluding ortho intramolecular Hbond substituents is 1. The van der Waals surface area contributed by atoms with Crippen molar-refractivity contribution in [1.29, 1.82) is 0 Å². The van der Waals surface area contributed by atoms with E-state index in [9.17, 15) is 9.50 Å². The molecule has 0 atom stereocenters. The summed E-state index contributed by atoms with van der Waals surface area (Å²) in [4.78, 5) is 0. The fourth-order valence-corrected chi connectivity index (χ4v) is 1.57. The number of benzene rings is 2. The van der Waals surface area contributed by atoms with E-state index in [-0.39, 0.29) is 11.6 Å². The van der Waals surface area contributed by atoms with Gasteiger partial charge in [0.25, 0.3) is 0 Å². The third-order valence-corrected chi connectivity index (χ3v) is 2.33. The molecule has 2 aromatic rings. The minimum Gasteiger partial charge on any atom is -0.507 e. The Morgan fingerprint density at radius 3 is 2.60 bits per heavy atom. The Morgan fingerprint density at radius 1 is 1.07 bits per heavy atom. The molecule has 0 bridgehead atoms. The molecule has 0 saturated carbocycles. The average Bonchev–Trinajstić information content (AvgIpc) is 2.22. The number of halogens is 2. The van der Waals surface area contributed by atoms with E-state index in [4.69, 9.17) is 11.6 Å². The minimum atomic E-state index is -0.341. The van der Waals surface area contributed by atoms with Crippen LogP contribution in [-0.2, 0) is 0 Å². The van der Waals surface area contributed by atoms with Crippen LogP contribution in [0.15, 0.2) is 42.5 Å². The topological polar surface area (TPSA) is 20.2 Å². The third-order valence-electron chi connectivity index (χ3n) is 2.09. The van der Waals surface area contributed by atoms with Crippen LogP contribution < -0.4 is 0 Å². The largest absolute Gasteiger partial charge is 0.507 e. The van der Waals surface area contributed by atoms with Crippen LogP contribution in [0.2, 0.25) is 5.02 Å². The van der Waals surface area contributed by atoms with Gasteiger partial charge < -0.3 is 5.11 Å². The number of phenols is 1. The van der Waals surface area contributed by atoms with E-state index in [1.165, 1.54) is 18.2 Å². The van der Waals surface area contributed by atoms with E-state index < -0.39 is 0 Å². The fourth-order valence-electron chi connectivity index (χ4n) is 1.40. The average molecular weight is 223 g/mol. The van der Waals surface area contributed by atoms with Crippen molar-refractivity contribution in [3.8, 4) is 16.9 Å². The highest BCUT2D eigenvalue weighted by molar-refractivity contribution is 6.30. The van der Waals surface area contributed by atoms with Crippen LogP contribution in [0.3, 0.4) is 0 Å². The van der Waals surface area contributed by atoms with Gasteiger partial charge in [-0.25, -0.2) is 4.39 Å². The lowest BCUT2D eigenvalue weighted by Crippen LogP contribution is -1.81. The Kier molecular flexibility index (Phi) is 2.60. The van der Waals surface area contributed by atoms with Crippen LogP contribution in [0, 0.1) is 5.82 Å². The summed E-state index contributed by atoms with van der Waals surface area (Å²) in [5, 5.41) is 10.1. The molecule has 3 heteroatoms. The second kappa shape index (κ2) is 3.91. The van der Waals surface area contributed by atoms with Gasteiger partial charge >= 0.3 is 0 Å². The van der Waals surface area contributed by atoms with E-state index in [0.717, 1.165) is 0 Å². The van der Waals surface area contributed by atoms with Gasteiger partial charge in [-0.05, 0) is 35.9 Å². The molecule has 0 aliphatic rings. The van der Waals surface area contributed by atoms with Gasteiger partial charge in [0.1, 0.15) is 11.6 Å². The third kappa shape index (κ3) is 2.10. The van der Waals surface area contributed by atoms with Gasteiger partial charge in [-0.2, -0.15) is 0 Å². The van der Waals surface area contributed by atoms with Gasteiger partial charge in [0, 0.05) is 10.6 Å². The highest BCUT2D eigenvalue weighted by Gasteiger charge is 2.05. The van der Waals surface area contributed by atoms with Crippen molar-refractivity contribution in [1.82, 2.24) is 0 Å². The Bertz CT molecular complexity index is 497. The highest BCUT2D eigenvalue weighted by Crippen LogP contribution is 2.31. The quantitative estimate of drug-likeness (QED) is 0.777. The lowest BCUT2D eigenvalue weighted by molar-refractivity contribution is 0.477. The first-order valence-electron chi connectivity index (χ1n) is 4.41. The summed E-state index contributed by atoms with van der Waals surface area (Å²) in [6.07, 6.45) is 0. The van der Waals surface area contributed by atoms with Crippen molar-refractivity contribution in [3.63, 3.8) is 0 Å². The predicted molar refractivity (Wildman–Crippen MR) is 58.5 cm³/mol. The summed E-state index contributed by atoms with van der Waals surface area (Å²) in [5.74, 6) is -0.253. The van der Waals surface area contributed by atoms with Crippen molar-refractivity contribution in [2.45, 2.75) is 0 Å². The highest BCUT2D eigenvalue weighted by atomic mass is 35.5. The summed E-state index contributed by atoms with van der Waals surface area (Å²) in [7, 11) is 0. The second-order valence-electron chi connectivity index (χ2n) is 3.17. The summed E-state index contributed by atoms with van der Waals surface area (Å²) in [5.41, 5.74) is 1.14. The van der Waals surface area contributed by atoms with Crippen molar-refractivity contribution >= 4 is 11.6 Å². The molecule has 0 fully saturated rings. The molecule has 0 heterocycles.